The lowest BCUT2D eigenvalue weighted by Crippen LogP contribution is -2.33. The van der Waals surface area contributed by atoms with E-state index >= 15 is 0 Å². The number of piperidine rings is 1. The Labute approximate surface area is 154 Å². The van der Waals surface area contributed by atoms with Gasteiger partial charge in [0.25, 0.3) is 0 Å². The van der Waals surface area contributed by atoms with Crippen LogP contribution in [0.15, 0.2) is 36.7 Å². The molecule has 2 aliphatic rings. The van der Waals surface area contributed by atoms with E-state index in [1.807, 2.05) is 12.1 Å². The monoisotopic (exact) mass is 364 g/mol. The van der Waals surface area contributed by atoms with E-state index in [0.29, 0.717) is 29.8 Å². The minimum Gasteiger partial charge on any atom is -0.277 e. The average molecular weight is 364 g/mol. The molecular weight excluding hydrogens is 347 g/mol. The molecule has 0 bridgehead atoms. The molecule has 0 radical (unpaired) electrons. The highest BCUT2D eigenvalue weighted by molar-refractivity contribution is 5.98. The molecule has 1 saturated carbocycles. The Morgan fingerprint density at radius 3 is 2.81 bits per heavy atom. The number of aromatic nitrogens is 5. The zero-order valence-corrected chi connectivity index (χ0v) is 14.6. The smallest absolute Gasteiger partial charge is 0.233 e. The van der Waals surface area contributed by atoms with Crippen LogP contribution < -0.4 is 4.90 Å². The van der Waals surface area contributed by atoms with Gasteiger partial charge in [0.15, 0.2) is 5.82 Å². The molecule has 0 aromatic carbocycles. The maximum Gasteiger partial charge on any atom is 0.233 e. The van der Waals surface area contributed by atoms with Gasteiger partial charge >= 0.3 is 0 Å². The van der Waals surface area contributed by atoms with Crippen LogP contribution in [-0.2, 0) is 11.2 Å². The number of H-pyrrole nitrogens is 1. The van der Waals surface area contributed by atoms with Crippen LogP contribution in [0.4, 0.5) is 10.3 Å². The molecule has 0 spiro atoms. The van der Waals surface area contributed by atoms with Gasteiger partial charge < -0.3 is 0 Å². The first-order valence-electron chi connectivity index (χ1n) is 8.89. The van der Waals surface area contributed by atoms with Gasteiger partial charge in [-0.2, -0.15) is 14.5 Å². The van der Waals surface area contributed by atoms with Gasteiger partial charge in [0.1, 0.15) is 0 Å². The highest BCUT2D eigenvalue weighted by Gasteiger charge is 2.59. The van der Waals surface area contributed by atoms with Crippen molar-refractivity contribution in [2.75, 3.05) is 4.90 Å². The summed E-state index contributed by atoms with van der Waals surface area (Å²) in [6, 6.07) is 6.88. The second-order valence-corrected chi connectivity index (χ2v) is 7.08. The SMILES string of the molecule is Cc1nc(F)ccc1C[C@H]1C(=O)N(c2nc(-c3ccncc3)n[nH]2)[C@H]2C[C@@H]12. The molecule has 3 aromatic heterocycles. The van der Waals surface area contributed by atoms with Gasteiger partial charge in [0, 0.05) is 35.6 Å². The van der Waals surface area contributed by atoms with Gasteiger partial charge in [-0.1, -0.05) is 6.07 Å². The van der Waals surface area contributed by atoms with Crippen molar-refractivity contribution in [3.8, 4) is 11.4 Å². The van der Waals surface area contributed by atoms with Crippen molar-refractivity contribution in [3.63, 3.8) is 0 Å². The highest BCUT2D eigenvalue weighted by Crippen LogP contribution is 2.51. The number of rotatable bonds is 4. The molecule has 1 aliphatic heterocycles. The van der Waals surface area contributed by atoms with E-state index in [1.165, 1.54) is 6.07 Å². The van der Waals surface area contributed by atoms with Gasteiger partial charge in [0.2, 0.25) is 17.8 Å². The first kappa shape index (κ1) is 16.0. The van der Waals surface area contributed by atoms with E-state index in [0.717, 1.165) is 17.5 Å². The van der Waals surface area contributed by atoms with Crippen molar-refractivity contribution in [1.29, 1.82) is 0 Å². The molecule has 1 aliphatic carbocycles. The summed E-state index contributed by atoms with van der Waals surface area (Å²) < 4.78 is 13.2. The number of carbonyl (C=O) groups is 1. The molecule has 27 heavy (non-hydrogen) atoms. The van der Waals surface area contributed by atoms with Crippen LogP contribution in [0.2, 0.25) is 0 Å². The van der Waals surface area contributed by atoms with E-state index in [1.54, 1.807) is 30.3 Å². The maximum atomic E-state index is 13.2. The summed E-state index contributed by atoms with van der Waals surface area (Å²) in [4.78, 5) is 27.1. The third-order valence-corrected chi connectivity index (χ3v) is 5.45. The number of carbonyl (C=O) groups excluding carboxylic acids is 1. The molecule has 4 heterocycles. The molecular formula is C19H17FN6O. The minimum absolute atomic E-state index is 0.0393. The third-order valence-electron chi connectivity index (χ3n) is 5.45. The average Bonchev–Trinajstić information content (AvgIpc) is 3.18. The number of amides is 1. The first-order valence-corrected chi connectivity index (χ1v) is 8.89. The van der Waals surface area contributed by atoms with Crippen molar-refractivity contribution in [2.24, 2.45) is 11.8 Å². The van der Waals surface area contributed by atoms with Gasteiger partial charge in [-0.3, -0.25) is 14.7 Å². The number of hydrogen-bond donors (Lipinski definition) is 1. The number of nitrogens with one attached hydrogen (secondary N) is 1. The first-order chi connectivity index (χ1) is 13.1. The van der Waals surface area contributed by atoms with Crippen LogP contribution in [0.3, 0.4) is 0 Å². The Hall–Kier alpha value is -3.16. The molecule has 8 heteroatoms. The number of anilines is 1. The lowest BCUT2D eigenvalue weighted by atomic mass is 9.94. The van der Waals surface area contributed by atoms with E-state index in [2.05, 4.69) is 25.1 Å². The van der Waals surface area contributed by atoms with Crippen LogP contribution in [-0.4, -0.2) is 37.1 Å². The Morgan fingerprint density at radius 2 is 2.04 bits per heavy atom. The number of aromatic amines is 1. The number of fused-ring (bicyclic) bond motifs is 1. The standard InChI is InChI=1S/C19H17FN6O/c1-10-12(2-3-16(20)22-10)8-14-13-9-15(13)26(18(14)27)19-23-17(24-25-19)11-4-6-21-7-5-11/h2-7,13-15H,8-9H2,1H3,(H,23,24,25)/t13-,14+,15-/m0/s1. The zero-order valence-electron chi connectivity index (χ0n) is 14.6. The highest BCUT2D eigenvalue weighted by atomic mass is 19.1. The Balaban J connectivity index is 1.39. The van der Waals surface area contributed by atoms with Gasteiger partial charge in [0.05, 0.1) is 0 Å². The quantitative estimate of drug-likeness (QED) is 0.718. The van der Waals surface area contributed by atoms with E-state index in [-0.39, 0.29) is 17.9 Å². The van der Waals surface area contributed by atoms with Crippen LogP contribution in [0.5, 0.6) is 0 Å². The normalized spacial score (nSPS) is 23.6. The Bertz CT molecular complexity index is 1020. The van der Waals surface area contributed by atoms with E-state index in [4.69, 9.17) is 0 Å². The van der Waals surface area contributed by atoms with Crippen molar-refractivity contribution >= 4 is 11.9 Å². The second-order valence-electron chi connectivity index (χ2n) is 7.08. The summed E-state index contributed by atoms with van der Waals surface area (Å²) in [6.45, 7) is 1.78. The predicted octanol–water partition coefficient (Wildman–Crippen LogP) is 2.30. The van der Waals surface area contributed by atoms with Crippen molar-refractivity contribution in [1.82, 2.24) is 25.1 Å². The Morgan fingerprint density at radius 1 is 1.22 bits per heavy atom. The predicted molar refractivity (Wildman–Crippen MR) is 95.1 cm³/mol. The fourth-order valence-corrected chi connectivity index (χ4v) is 3.96. The zero-order chi connectivity index (χ0) is 18.5. The maximum absolute atomic E-state index is 13.2. The topological polar surface area (TPSA) is 87.7 Å². The number of hydrogen-bond acceptors (Lipinski definition) is 5. The molecule has 1 saturated heterocycles. The van der Waals surface area contributed by atoms with Crippen molar-refractivity contribution in [3.05, 3.63) is 53.9 Å². The molecule has 3 aromatic rings. The summed E-state index contributed by atoms with van der Waals surface area (Å²) in [6.07, 6.45) is 4.88. The van der Waals surface area contributed by atoms with Crippen LogP contribution >= 0.6 is 0 Å². The number of aryl methyl sites for hydroxylation is 1. The molecule has 1 amide bonds. The number of nitrogens with zero attached hydrogens (tertiary/aromatic N) is 5. The second kappa shape index (κ2) is 5.94. The van der Waals surface area contributed by atoms with Gasteiger partial charge in [-0.15, -0.1) is 0 Å². The molecule has 7 nitrogen and oxygen atoms in total. The third kappa shape index (κ3) is 2.68. The van der Waals surface area contributed by atoms with Crippen LogP contribution in [0, 0.1) is 24.7 Å². The molecule has 0 unspecified atom stereocenters. The fourth-order valence-electron chi connectivity index (χ4n) is 3.96. The number of halogens is 1. The summed E-state index contributed by atoms with van der Waals surface area (Å²) in [5.74, 6) is 0.740. The fraction of sp³-hybridized carbons (Fsp3) is 0.316. The van der Waals surface area contributed by atoms with Gasteiger partial charge in [-0.25, -0.2) is 10.1 Å². The summed E-state index contributed by atoms with van der Waals surface area (Å²) in [7, 11) is 0. The molecule has 2 fully saturated rings. The molecule has 1 N–H and O–H groups in total. The molecule has 5 rings (SSSR count). The molecule has 3 atom stereocenters. The van der Waals surface area contributed by atoms with Crippen LogP contribution in [0.1, 0.15) is 17.7 Å². The van der Waals surface area contributed by atoms with Gasteiger partial charge in [-0.05, 0) is 49.4 Å². The van der Waals surface area contributed by atoms with Crippen LogP contribution in [0.25, 0.3) is 11.4 Å². The largest absolute Gasteiger partial charge is 0.277 e. The Kier molecular flexibility index (Phi) is 3.53. The summed E-state index contributed by atoms with van der Waals surface area (Å²) in [5.41, 5.74) is 2.39. The minimum atomic E-state index is -0.495. The van der Waals surface area contributed by atoms with Crippen molar-refractivity contribution in [2.45, 2.75) is 25.8 Å². The van der Waals surface area contributed by atoms with E-state index < -0.39 is 5.95 Å². The number of pyridine rings is 2. The lowest BCUT2D eigenvalue weighted by Gasteiger charge is -2.18. The van der Waals surface area contributed by atoms with Crippen molar-refractivity contribution < 1.29 is 9.18 Å². The van der Waals surface area contributed by atoms with E-state index in [9.17, 15) is 9.18 Å². The summed E-state index contributed by atoms with van der Waals surface area (Å²) >= 11 is 0. The summed E-state index contributed by atoms with van der Waals surface area (Å²) in [5, 5.41) is 7.14. The molecule has 136 valence electrons. The lowest BCUT2D eigenvalue weighted by molar-refractivity contribution is -0.121.